The molecule has 66 heavy (non-hydrogen) atoms. The third-order valence-electron chi connectivity index (χ3n) is 12.5. The molecule has 0 unspecified atom stereocenters. The van der Waals surface area contributed by atoms with E-state index in [0.29, 0.717) is 5.30 Å². The topological polar surface area (TPSA) is 89.5 Å². The van der Waals surface area contributed by atoms with Crippen molar-refractivity contribution in [1.82, 2.24) is 19.9 Å². The number of hydrogen-bond acceptors (Lipinski definition) is 5. The van der Waals surface area contributed by atoms with Gasteiger partial charge in [-0.05, 0) is 190 Å². The zero-order valence-corrected chi connectivity index (χ0v) is 43.8. The molecule has 3 aromatic heterocycles. The average molecular weight is 940 g/mol. The van der Waals surface area contributed by atoms with Crippen molar-refractivity contribution in [2.75, 3.05) is 13.2 Å². The van der Waals surface area contributed by atoms with E-state index in [1.807, 2.05) is 38.1 Å². The van der Waals surface area contributed by atoms with Crippen molar-refractivity contribution >= 4 is 59.3 Å². The third kappa shape index (κ3) is 8.46. The van der Waals surface area contributed by atoms with Gasteiger partial charge in [-0.3, -0.25) is 4.57 Å². The van der Waals surface area contributed by atoms with Crippen LogP contribution in [0, 0.1) is 62.3 Å². The number of nitrogens with zero attached hydrogens (tertiary/aromatic N) is 4. The van der Waals surface area contributed by atoms with Crippen LogP contribution >= 0.6 is 7.60 Å². The van der Waals surface area contributed by atoms with E-state index in [1.165, 1.54) is 27.8 Å². The third-order valence-corrected chi connectivity index (χ3v) is 14.6. The normalized spacial score (nSPS) is 12.2. The molecule has 0 saturated heterocycles. The second-order valence-electron chi connectivity index (χ2n) is 17.6. The summed E-state index contributed by atoms with van der Waals surface area (Å²) in [4.78, 5) is 22.2. The molecule has 5 heterocycles. The maximum Gasteiger partial charge on any atom is 2.00 e. The fourth-order valence-electron chi connectivity index (χ4n) is 10.2. The molecule has 328 valence electrons. The van der Waals surface area contributed by atoms with Gasteiger partial charge in [-0.15, -0.1) is 22.1 Å². The summed E-state index contributed by atoms with van der Waals surface area (Å²) in [5, 5.41) is 0.497. The van der Waals surface area contributed by atoms with Crippen LogP contribution in [-0.2, 0) is 33.1 Å². The Labute approximate surface area is 401 Å². The van der Waals surface area contributed by atoms with Gasteiger partial charge in [0.25, 0.3) is 0 Å². The van der Waals surface area contributed by atoms with Crippen LogP contribution in [0.4, 0.5) is 0 Å². The molecule has 8 bridgehead atoms. The minimum absolute atomic E-state index is 0. The van der Waals surface area contributed by atoms with E-state index in [4.69, 9.17) is 29.0 Å². The molecule has 7 aromatic rings. The molecule has 4 aromatic carbocycles. The predicted molar refractivity (Wildman–Crippen MR) is 272 cm³/mol. The number of hydrogen-bond donors (Lipinski definition) is 0. The first-order valence-corrected chi connectivity index (χ1v) is 24.0. The molecule has 7 nitrogen and oxygen atoms in total. The van der Waals surface area contributed by atoms with Gasteiger partial charge in [0.2, 0.25) is 0 Å². The van der Waals surface area contributed by atoms with Crippen molar-refractivity contribution in [2.45, 2.75) is 76.2 Å². The standard InChI is InChI=1S/C57H55N4O3P.Zn/c1-12-63-65(62,64-13-2)42-16-14-41(15-17-42)54-43-18-20-45(58-43)55(51-35(6)26-32(3)27-36(51)7)47-22-24-49(60-47)57(53-39(10)30-34(5)31-40(53)11)50-25-23-48(61-50)56(46-21-19-44(54)59-46)52-37(8)28-33(4)29-38(52)9;/h14-31H,12-13H2,1-11H3;/q-2;+2. The molecule has 0 amide bonds. The monoisotopic (exact) mass is 938 g/mol. The zero-order valence-electron chi connectivity index (χ0n) is 40.0. The van der Waals surface area contributed by atoms with Crippen LogP contribution in [-0.4, -0.2) is 23.2 Å². The van der Waals surface area contributed by atoms with E-state index >= 15 is 0 Å². The molecule has 0 atom stereocenters. The Bertz CT molecular complexity index is 3240. The number of aryl methyl sites for hydroxylation is 9. The Morgan fingerprint density at radius 1 is 0.424 bits per heavy atom. The molecule has 9 heteroatoms. The molecule has 9 rings (SSSR count). The SMILES string of the molecule is CCOP(=O)(OCC)c1ccc(-c2c3nc(c(-c4c(C)cc(C)cc4C)c4ccc([n-]4)c(-c4c(C)cc(C)cc4C)c4nc(c(-c5c(C)cc(C)cc5C)c5ccc2[n-]5)C=C4)C=C3)cc1.[Zn+2]. The summed E-state index contributed by atoms with van der Waals surface area (Å²) in [7, 11) is -3.53. The Kier molecular flexibility index (Phi) is 13.1. The Hall–Kier alpha value is -5.75. The van der Waals surface area contributed by atoms with E-state index in [2.05, 4.69) is 147 Å². The summed E-state index contributed by atoms with van der Waals surface area (Å²) >= 11 is 0. The van der Waals surface area contributed by atoms with Gasteiger partial charge in [0.15, 0.2) is 0 Å². The Balaban J connectivity index is 0.00000592. The average Bonchev–Trinajstić information content (AvgIpc) is 4.08. The molecule has 2 aliphatic heterocycles. The summed E-state index contributed by atoms with van der Waals surface area (Å²) in [5.74, 6) is 0. The van der Waals surface area contributed by atoms with Gasteiger partial charge in [-0.1, -0.05) is 89.5 Å². The van der Waals surface area contributed by atoms with Crippen LogP contribution in [0.3, 0.4) is 0 Å². The van der Waals surface area contributed by atoms with E-state index < -0.39 is 7.60 Å². The van der Waals surface area contributed by atoms with Gasteiger partial charge in [0, 0.05) is 0 Å². The van der Waals surface area contributed by atoms with Crippen molar-refractivity contribution in [3.05, 3.63) is 158 Å². The van der Waals surface area contributed by atoms with Crippen LogP contribution in [0.25, 0.3) is 90.9 Å². The maximum absolute atomic E-state index is 13.9. The largest absolute Gasteiger partial charge is 2.00 e. The van der Waals surface area contributed by atoms with Crippen molar-refractivity contribution in [1.29, 1.82) is 0 Å². The van der Waals surface area contributed by atoms with E-state index in [9.17, 15) is 4.57 Å². The van der Waals surface area contributed by atoms with Crippen LogP contribution in [0.1, 0.15) is 86.7 Å². The molecule has 0 spiro atoms. The summed E-state index contributed by atoms with van der Waals surface area (Å²) in [6.07, 6.45) is 8.47. The Morgan fingerprint density at radius 2 is 0.712 bits per heavy atom. The summed E-state index contributed by atoms with van der Waals surface area (Å²) in [6.45, 7) is 23.6. The van der Waals surface area contributed by atoms with E-state index in [1.54, 1.807) is 0 Å². The van der Waals surface area contributed by atoms with Crippen molar-refractivity contribution < 1.29 is 33.1 Å². The first kappa shape index (κ1) is 46.8. The van der Waals surface area contributed by atoms with Crippen LogP contribution in [0.2, 0.25) is 0 Å². The Morgan fingerprint density at radius 3 is 1.02 bits per heavy atom. The minimum Gasteiger partial charge on any atom is -0.657 e. The van der Waals surface area contributed by atoms with Crippen LogP contribution < -0.4 is 15.3 Å². The van der Waals surface area contributed by atoms with Gasteiger partial charge in [-0.25, -0.2) is 9.97 Å². The van der Waals surface area contributed by atoms with Gasteiger partial charge in [-0.2, -0.15) is 0 Å². The molecule has 0 radical (unpaired) electrons. The smallest absolute Gasteiger partial charge is 0.657 e. The number of rotatable bonds is 9. The van der Waals surface area contributed by atoms with Crippen molar-refractivity contribution in [3.63, 3.8) is 0 Å². The fourth-order valence-corrected chi connectivity index (χ4v) is 11.8. The van der Waals surface area contributed by atoms with Crippen molar-refractivity contribution in [3.8, 4) is 44.5 Å². The molecule has 2 aliphatic rings. The maximum atomic E-state index is 13.9. The van der Waals surface area contributed by atoms with Crippen LogP contribution in [0.5, 0.6) is 0 Å². The quantitative estimate of drug-likeness (QED) is 0.105. The fraction of sp³-hybridized carbons (Fsp3) is 0.228. The zero-order chi connectivity index (χ0) is 45.9. The summed E-state index contributed by atoms with van der Waals surface area (Å²) in [5.41, 5.74) is 25.0. The van der Waals surface area contributed by atoms with E-state index in [-0.39, 0.29) is 32.7 Å². The first-order valence-electron chi connectivity index (χ1n) is 22.5. The second-order valence-corrected chi connectivity index (χ2v) is 19.6. The minimum atomic E-state index is -3.53. The molecule has 0 saturated carbocycles. The predicted octanol–water partition coefficient (Wildman–Crippen LogP) is 14.2. The van der Waals surface area contributed by atoms with Gasteiger partial charge in [0.05, 0.1) is 41.3 Å². The van der Waals surface area contributed by atoms with Gasteiger partial charge < -0.3 is 19.0 Å². The molecule has 0 fully saturated rings. The number of fused-ring (bicyclic) bond motifs is 8. The molecule has 0 N–H and O–H groups in total. The summed E-state index contributed by atoms with van der Waals surface area (Å²) < 4.78 is 25.4. The van der Waals surface area contributed by atoms with Gasteiger partial charge >= 0.3 is 27.1 Å². The van der Waals surface area contributed by atoms with Gasteiger partial charge in [0.1, 0.15) is 0 Å². The second kappa shape index (κ2) is 18.5. The first-order chi connectivity index (χ1) is 31.2. The van der Waals surface area contributed by atoms with Crippen LogP contribution in [0.15, 0.2) is 84.9 Å². The molecular weight excluding hydrogens is 885 g/mol. The number of aromatic nitrogens is 4. The van der Waals surface area contributed by atoms with Crippen molar-refractivity contribution in [2.24, 2.45) is 0 Å². The van der Waals surface area contributed by atoms with E-state index in [0.717, 1.165) is 112 Å². The number of benzene rings is 4. The molecular formula is C57H55N4O3PZn. The molecule has 0 aliphatic carbocycles. The summed E-state index contributed by atoms with van der Waals surface area (Å²) in [6, 6.07) is 29.5.